The molecule has 0 aliphatic heterocycles. The first-order chi connectivity index (χ1) is 14.4. The Bertz CT molecular complexity index is 1200. The number of nitrogens with zero attached hydrogens (tertiary/aromatic N) is 3. The molecular weight excluding hydrogens is 376 g/mol. The summed E-state index contributed by atoms with van der Waals surface area (Å²) in [6, 6.07) is 20.4. The molecule has 1 amide bonds. The highest BCUT2D eigenvalue weighted by molar-refractivity contribution is 6.04. The number of carbonyl (C=O) groups is 1. The van der Waals surface area contributed by atoms with Crippen LogP contribution in [-0.4, -0.2) is 25.6 Å². The van der Waals surface area contributed by atoms with Crippen molar-refractivity contribution >= 4 is 29.5 Å². The number of aliphatic hydroxyl groups is 1. The summed E-state index contributed by atoms with van der Waals surface area (Å²) in [6.45, 7) is 3.41. The van der Waals surface area contributed by atoms with Crippen molar-refractivity contribution in [1.29, 1.82) is 0 Å². The zero-order valence-electron chi connectivity index (χ0n) is 16.8. The van der Waals surface area contributed by atoms with Crippen LogP contribution in [0.4, 0.5) is 5.82 Å². The van der Waals surface area contributed by atoms with Crippen LogP contribution in [0.15, 0.2) is 72.9 Å². The summed E-state index contributed by atoms with van der Waals surface area (Å²) in [7, 11) is 0. The predicted octanol–water partition coefficient (Wildman–Crippen LogP) is 4.38. The highest BCUT2D eigenvalue weighted by Crippen LogP contribution is 2.20. The molecule has 4 aromatic rings. The van der Waals surface area contributed by atoms with Crippen LogP contribution in [0.5, 0.6) is 0 Å². The van der Waals surface area contributed by atoms with Gasteiger partial charge in [-0.15, -0.1) is 0 Å². The van der Waals surface area contributed by atoms with Crippen LogP contribution in [0, 0.1) is 0 Å². The van der Waals surface area contributed by atoms with Crippen molar-refractivity contribution in [3.63, 3.8) is 0 Å². The highest BCUT2D eigenvalue weighted by Gasteiger charge is 2.16. The van der Waals surface area contributed by atoms with Crippen LogP contribution in [0.3, 0.4) is 0 Å². The Morgan fingerprint density at radius 2 is 1.77 bits per heavy atom. The second-order valence-electron chi connectivity index (χ2n) is 7.50. The molecule has 2 aromatic carbocycles. The third kappa shape index (κ3) is 4.29. The summed E-state index contributed by atoms with van der Waals surface area (Å²) in [5.74, 6) is 0.166. The van der Waals surface area contributed by atoms with Gasteiger partial charge in [-0.3, -0.25) is 4.79 Å². The van der Waals surface area contributed by atoms with E-state index in [-0.39, 0.29) is 5.91 Å². The molecule has 0 saturated carbocycles. The molecule has 0 spiro atoms. The van der Waals surface area contributed by atoms with Gasteiger partial charge in [0.25, 0.3) is 5.91 Å². The van der Waals surface area contributed by atoms with Gasteiger partial charge in [0.2, 0.25) is 0 Å². The van der Waals surface area contributed by atoms with E-state index < -0.39 is 5.60 Å². The van der Waals surface area contributed by atoms with Crippen molar-refractivity contribution in [2.75, 3.05) is 5.32 Å². The summed E-state index contributed by atoms with van der Waals surface area (Å²) >= 11 is 0. The van der Waals surface area contributed by atoms with Gasteiger partial charge in [-0.2, -0.15) is 5.10 Å². The fourth-order valence-electron chi connectivity index (χ4n) is 3.08. The standard InChI is InChI=1S/C24H22N4O2/c1-24(2,30)19-11-9-18(10-12-19)23(29)27-21-16-20(28-22(26-21)14-15-25-28)13-8-17-6-4-3-5-7-17/h3-16,30H,1-2H3,(H,26,27,29)/b13-8+. The molecule has 0 saturated heterocycles. The van der Waals surface area contributed by atoms with Crippen LogP contribution < -0.4 is 5.32 Å². The van der Waals surface area contributed by atoms with Crippen molar-refractivity contribution in [2.45, 2.75) is 19.4 Å². The van der Waals surface area contributed by atoms with Crippen LogP contribution in [0.1, 0.15) is 41.0 Å². The van der Waals surface area contributed by atoms with Crippen LogP contribution in [-0.2, 0) is 5.60 Å². The Hall–Kier alpha value is -3.77. The Kier molecular flexibility index (Phi) is 5.16. The molecule has 2 aromatic heterocycles. The third-order valence-corrected chi connectivity index (χ3v) is 4.73. The summed E-state index contributed by atoms with van der Waals surface area (Å²) < 4.78 is 1.72. The Balaban J connectivity index is 1.60. The fourth-order valence-corrected chi connectivity index (χ4v) is 3.08. The number of anilines is 1. The molecule has 0 aliphatic rings. The number of benzene rings is 2. The fraction of sp³-hybridized carbons (Fsp3) is 0.125. The maximum absolute atomic E-state index is 12.7. The number of fused-ring (bicyclic) bond motifs is 1. The van der Waals surface area contributed by atoms with E-state index in [2.05, 4.69) is 15.4 Å². The van der Waals surface area contributed by atoms with Crippen molar-refractivity contribution in [1.82, 2.24) is 14.6 Å². The zero-order chi connectivity index (χ0) is 21.1. The van der Waals surface area contributed by atoms with E-state index in [1.807, 2.05) is 42.5 Å². The predicted molar refractivity (Wildman–Crippen MR) is 118 cm³/mol. The monoisotopic (exact) mass is 398 g/mol. The second-order valence-corrected chi connectivity index (χ2v) is 7.50. The number of hydrogen-bond acceptors (Lipinski definition) is 4. The molecular formula is C24H22N4O2. The van der Waals surface area contributed by atoms with Crippen molar-refractivity contribution in [3.8, 4) is 0 Å². The van der Waals surface area contributed by atoms with Gasteiger partial charge in [-0.25, -0.2) is 9.50 Å². The van der Waals surface area contributed by atoms with Gasteiger partial charge in [0.15, 0.2) is 5.65 Å². The van der Waals surface area contributed by atoms with Crippen LogP contribution in [0.2, 0.25) is 0 Å². The smallest absolute Gasteiger partial charge is 0.256 e. The van der Waals surface area contributed by atoms with E-state index >= 15 is 0 Å². The average Bonchev–Trinajstić information content (AvgIpc) is 3.21. The van der Waals surface area contributed by atoms with E-state index in [9.17, 15) is 9.90 Å². The van der Waals surface area contributed by atoms with Gasteiger partial charge in [-0.05, 0) is 43.2 Å². The number of amides is 1. The van der Waals surface area contributed by atoms with Crippen molar-refractivity contribution < 1.29 is 9.90 Å². The minimum Gasteiger partial charge on any atom is -0.386 e. The number of nitrogens with one attached hydrogen (secondary N) is 1. The minimum absolute atomic E-state index is 0.272. The largest absolute Gasteiger partial charge is 0.386 e. The zero-order valence-corrected chi connectivity index (χ0v) is 16.8. The Labute approximate surface area is 174 Å². The molecule has 4 rings (SSSR count). The Morgan fingerprint density at radius 1 is 1.03 bits per heavy atom. The highest BCUT2D eigenvalue weighted by atomic mass is 16.3. The first-order valence-corrected chi connectivity index (χ1v) is 9.62. The maximum Gasteiger partial charge on any atom is 0.256 e. The van der Waals surface area contributed by atoms with Gasteiger partial charge in [-0.1, -0.05) is 48.5 Å². The lowest BCUT2D eigenvalue weighted by molar-refractivity contribution is 0.0785. The molecule has 0 aliphatic carbocycles. The van der Waals surface area contributed by atoms with Crippen LogP contribution in [0.25, 0.3) is 17.8 Å². The normalized spacial score (nSPS) is 11.8. The molecule has 6 heteroatoms. The lowest BCUT2D eigenvalue weighted by Gasteiger charge is -2.17. The lowest BCUT2D eigenvalue weighted by Crippen LogP contribution is -2.17. The number of hydrogen-bond donors (Lipinski definition) is 2. The molecule has 2 heterocycles. The molecule has 0 fully saturated rings. The van der Waals surface area contributed by atoms with Crippen molar-refractivity contribution in [2.24, 2.45) is 0 Å². The molecule has 2 N–H and O–H groups in total. The lowest BCUT2D eigenvalue weighted by atomic mass is 9.97. The molecule has 6 nitrogen and oxygen atoms in total. The molecule has 0 unspecified atom stereocenters. The van der Waals surface area contributed by atoms with Gasteiger partial charge in [0.1, 0.15) is 5.82 Å². The van der Waals surface area contributed by atoms with Gasteiger partial charge < -0.3 is 10.4 Å². The molecule has 150 valence electrons. The molecule has 30 heavy (non-hydrogen) atoms. The summed E-state index contributed by atoms with van der Waals surface area (Å²) in [6.07, 6.45) is 5.59. The first-order valence-electron chi connectivity index (χ1n) is 9.62. The van der Waals surface area contributed by atoms with E-state index in [0.29, 0.717) is 17.0 Å². The SMILES string of the molecule is CC(C)(O)c1ccc(C(=O)Nc2cc(/C=C/c3ccccc3)n3nccc3n2)cc1. The Morgan fingerprint density at radius 3 is 2.47 bits per heavy atom. The molecule has 0 atom stereocenters. The average molecular weight is 398 g/mol. The number of carbonyl (C=O) groups excluding carboxylic acids is 1. The third-order valence-electron chi connectivity index (χ3n) is 4.73. The topological polar surface area (TPSA) is 79.5 Å². The van der Waals surface area contributed by atoms with Gasteiger partial charge >= 0.3 is 0 Å². The van der Waals surface area contributed by atoms with Crippen molar-refractivity contribution in [3.05, 3.63) is 95.3 Å². The van der Waals surface area contributed by atoms with Gasteiger partial charge in [0.05, 0.1) is 17.5 Å². The maximum atomic E-state index is 12.7. The quantitative estimate of drug-likeness (QED) is 0.523. The second kappa shape index (κ2) is 7.93. The van der Waals surface area contributed by atoms with E-state index in [1.54, 1.807) is 61.0 Å². The van der Waals surface area contributed by atoms with E-state index in [4.69, 9.17) is 0 Å². The molecule has 0 bridgehead atoms. The summed E-state index contributed by atoms with van der Waals surface area (Å²) in [5, 5.41) is 17.2. The van der Waals surface area contributed by atoms with Crippen LogP contribution >= 0.6 is 0 Å². The van der Waals surface area contributed by atoms with Gasteiger partial charge in [0, 0.05) is 17.7 Å². The molecule has 0 radical (unpaired) electrons. The minimum atomic E-state index is -0.955. The summed E-state index contributed by atoms with van der Waals surface area (Å²) in [4.78, 5) is 17.2. The van der Waals surface area contributed by atoms with E-state index in [0.717, 1.165) is 16.8 Å². The van der Waals surface area contributed by atoms with E-state index in [1.165, 1.54) is 0 Å². The first kappa shape index (κ1) is 19.5. The number of aromatic nitrogens is 3. The number of rotatable bonds is 5. The summed E-state index contributed by atoms with van der Waals surface area (Å²) in [5.41, 5.74) is 2.76.